The zero-order chi connectivity index (χ0) is 12.4. The molecule has 1 aromatic heterocycles. The fraction of sp³-hybridized carbons (Fsp3) is 0.667. The predicted molar refractivity (Wildman–Crippen MR) is 63.7 cm³/mol. The molecule has 94 valence electrons. The molecule has 1 N–H and O–H groups in total. The lowest BCUT2D eigenvalue weighted by atomic mass is 10.2. The summed E-state index contributed by atoms with van der Waals surface area (Å²) in [7, 11) is 1.79. The van der Waals surface area contributed by atoms with Crippen LogP contribution >= 0.6 is 0 Å². The molecule has 1 aliphatic rings. The number of hydrogen-bond acceptors (Lipinski definition) is 3. The lowest BCUT2D eigenvalue weighted by Gasteiger charge is -2.22. The number of carbonyl (C=O) groups is 1. The number of rotatable bonds is 3. The molecule has 0 radical (unpaired) electrons. The standard InChI is InChI=1S/C12H19N3O2/c1-3-9-7-11(14(2)13-9)12(17)15-6-4-5-10(15)8-16/h7,10,16H,3-6,8H2,1-2H3/t10-/m1/s1. The molecular formula is C12H19N3O2. The van der Waals surface area contributed by atoms with E-state index in [0.717, 1.165) is 31.5 Å². The Morgan fingerprint density at radius 3 is 3.00 bits per heavy atom. The fourth-order valence-corrected chi connectivity index (χ4v) is 2.34. The molecule has 0 aromatic carbocycles. The Labute approximate surface area is 101 Å². The first-order valence-electron chi connectivity index (χ1n) is 6.12. The van der Waals surface area contributed by atoms with Gasteiger partial charge >= 0.3 is 0 Å². The Kier molecular flexibility index (Phi) is 3.47. The maximum atomic E-state index is 12.3. The van der Waals surface area contributed by atoms with Crippen molar-refractivity contribution in [3.05, 3.63) is 17.5 Å². The molecule has 0 aliphatic carbocycles. The molecule has 0 saturated carbocycles. The predicted octanol–water partition coefficient (Wildman–Crippen LogP) is 0.579. The van der Waals surface area contributed by atoms with E-state index < -0.39 is 0 Å². The molecule has 17 heavy (non-hydrogen) atoms. The van der Waals surface area contributed by atoms with Crippen LogP contribution in [0.3, 0.4) is 0 Å². The normalized spacial score (nSPS) is 19.9. The van der Waals surface area contributed by atoms with Gasteiger partial charge in [0.05, 0.1) is 18.3 Å². The first-order chi connectivity index (χ1) is 8.17. The maximum Gasteiger partial charge on any atom is 0.272 e. The fourth-order valence-electron chi connectivity index (χ4n) is 2.34. The third kappa shape index (κ3) is 2.20. The molecule has 0 bridgehead atoms. The van der Waals surface area contributed by atoms with Crippen LogP contribution in [0.15, 0.2) is 6.07 Å². The number of likely N-dealkylation sites (tertiary alicyclic amines) is 1. The van der Waals surface area contributed by atoms with Crippen LogP contribution in [0.2, 0.25) is 0 Å². The summed E-state index contributed by atoms with van der Waals surface area (Å²) >= 11 is 0. The summed E-state index contributed by atoms with van der Waals surface area (Å²) in [6, 6.07) is 1.82. The van der Waals surface area contributed by atoms with Crippen molar-refractivity contribution in [3.8, 4) is 0 Å². The van der Waals surface area contributed by atoms with Crippen molar-refractivity contribution >= 4 is 5.91 Å². The average Bonchev–Trinajstić information content (AvgIpc) is 2.93. The molecule has 0 unspecified atom stereocenters. The highest BCUT2D eigenvalue weighted by Gasteiger charge is 2.30. The minimum atomic E-state index is -0.0255. The zero-order valence-corrected chi connectivity index (χ0v) is 10.4. The highest BCUT2D eigenvalue weighted by molar-refractivity contribution is 5.93. The van der Waals surface area contributed by atoms with Crippen LogP contribution in [0.5, 0.6) is 0 Å². The summed E-state index contributed by atoms with van der Waals surface area (Å²) in [5.41, 5.74) is 1.54. The van der Waals surface area contributed by atoms with Crippen molar-refractivity contribution in [2.45, 2.75) is 32.2 Å². The van der Waals surface area contributed by atoms with Gasteiger partial charge in [-0.15, -0.1) is 0 Å². The van der Waals surface area contributed by atoms with E-state index in [9.17, 15) is 9.90 Å². The highest BCUT2D eigenvalue weighted by atomic mass is 16.3. The van der Waals surface area contributed by atoms with E-state index in [2.05, 4.69) is 5.10 Å². The molecule has 5 nitrogen and oxygen atoms in total. The highest BCUT2D eigenvalue weighted by Crippen LogP contribution is 2.19. The maximum absolute atomic E-state index is 12.3. The van der Waals surface area contributed by atoms with E-state index in [1.165, 1.54) is 0 Å². The zero-order valence-electron chi connectivity index (χ0n) is 10.4. The van der Waals surface area contributed by atoms with E-state index in [0.29, 0.717) is 5.69 Å². The minimum absolute atomic E-state index is 0.0174. The molecule has 0 spiro atoms. The Hall–Kier alpha value is -1.36. The molecule has 1 fully saturated rings. The molecule has 2 heterocycles. The van der Waals surface area contributed by atoms with Gasteiger partial charge < -0.3 is 10.0 Å². The van der Waals surface area contributed by atoms with Gasteiger partial charge in [-0.05, 0) is 25.3 Å². The number of nitrogens with zero attached hydrogens (tertiary/aromatic N) is 3. The van der Waals surface area contributed by atoms with Crippen molar-refractivity contribution in [2.75, 3.05) is 13.2 Å². The van der Waals surface area contributed by atoms with Gasteiger partial charge in [-0.3, -0.25) is 9.48 Å². The topological polar surface area (TPSA) is 58.4 Å². The van der Waals surface area contributed by atoms with Crippen LogP contribution in [-0.2, 0) is 13.5 Å². The van der Waals surface area contributed by atoms with Crippen LogP contribution in [0, 0.1) is 0 Å². The number of aryl methyl sites for hydroxylation is 2. The summed E-state index contributed by atoms with van der Waals surface area (Å²) in [5.74, 6) is -0.0174. The number of carbonyl (C=O) groups excluding carboxylic acids is 1. The molecule has 1 atom stereocenters. The second kappa shape index (κ2) is 4.87. The van der Waals surface area contributed by atoms with E-state index in [1.807, 2.05) is 13.0 Å². The van der Waals surface area contributed by atoms with Crippen molar-refractivity contribution < 1.29 is 9.90 Å². The molecule has 1 aliphatic heterocycles. The van der Waals surface area contributed by atoms with Gasteiger partial charge in [-0.1, -0.05) is 6.92 Å². The Morgan fingerprint density at radius 1 is 1.65 bits per heavy atom. The van der Waals surface area contributed by atoms with Crippen LogP contribution < -0.4 is 0 Å². The van der Waals surface area contributed by atoms with Gasteiger partial charge in [-0.2, -0.15) is 5.10 Å². The van der Waals surface area contributed by atoms with Crippen LogP contribution in [0.4, 0.5) is 0 Å². The second-order valence-electron chi connectivity index (χ2n) is 4.48. The summed E-state index contributed by atoms with van der Waals surface area (Å²) in [6.45, 7) is 2.80. The van der Waals surface area contributed by atoms with Gasteiger partial charge in [0, 0.05) is 13.6 Å². The van der Waals surface area contributed by atoms with Gasteiger partial charge in [0.1, 0.15) is 5.69 Å². The molecule has 1 aromatic rings. The minimum Gasteiger partial charge on any atom is -0.394 e. The SMILES string of the molecule is CCc1cc(C(=O)N2CCC[C@@H]2CO)n(C)n1. The largest absolute Gasteiger partial charge is 0.394 e. The first kappa shape index (κ1) is 12.1. The Bertz CT molecular complexity index is 414. The monoisotopic (exact) mass is 237 g/mol. The van der Waals surface area contributed by atoms with E-state index in [1.54, 1.807) is 16.6 Å². The summed E-state index contributed by atoms with van der Waals surface area (Å²) in [6.07, 6.45) is 2.68. The van der Waals surface area contributed by atoms with Crippen molar-refractivity contribution in [1.29, 1.82) is 0 Å². The number of hydrogen-bond donors (Lipinski definition) is 1. The molecule has 1 saturated heterocycles. The van der Waals surface area contributed by atoms with Crippen LogP contribution in [-0.4, -0.2) is 44.9 Å². The van der Waals surface area contributed by atoms with Crippen molar-refractivity contribution in [3.63, 3.8) is 0 Å². The number of aliphatic hydroxyl groups is 1. The van der Waals surface area contributed by atoms with Gasteiger partial charge in [0.2, 0.25) is 0 Å². The molecule has 5 heteroatoms. The van der Waals surface area contributed by atoms with E-state index in [4.69, 9.17) is 0 Å². The second-order valence-corrected chi connectivity index (χ2v) is 4.48. The van der Waals surface area contributed by atoms with Gasteiger partial charge in [0.15, 0.2) is 0 Å². The lowest BCUT2D eigenvalue weighted by Crippen LogP contribution is -2.38. The van der Waals surface area contributed by atoms with E-state index >= 15 is 0 Å². The first-order valence-corrected chi connectivity index (χ1v) is 6.12. The van der Waals surface area contributed by atoms with Gasteiger partial charge in [-0.25, -0.2) is 0 Å². The molecule has 2 rings (SSSR count). The van der Waals surface area contributed by atoms with Crippen molar-refractivity contribution in [2.24, 2.45) is 7.05 Å². The van der Waals surface area contributed by atoms with Crippen LogP contribution in [0.25, 0.3) is 0 Å². The summed E-state index contributed by atoms with van der Waals surface area (Å²) < 4.78 is 1.63. The number of amides is 1. The Morgan fingerprint density at radius 2 is 2.41 bits per heavy atom. The average molecular weight is 237 g/mol. The molecular weight excluding hydrogens is 218 g/mol. The number of aromatic nitrogens is 2. The van der Waals surface area contributed by atoms with Gasteiger partial charge in [0.25, 0.3) is 5.91 Å². The van der Waals surface area contributed by atoms with Crippen molar-refractivity contribution in [1.82, 2.24) is 14.7 Å². The Balaban J connectivity index is 2.21. The van der Waals surface area contributed by atoms with E-state index in [-0.39, 0.29) is 18.6 Å². The summed E-state index contributed by atoms with van der Waals surface area (Å²) in [5, 5.41) is 13.5. The quantitative estimate of drug-likeness (QED) is 0.836. The van der Waals surface area contributed by atoms with Crippen LogP contribution in [0.1, 0.15) is 35.9 Å². The lowest BCUT2D eigenvalue weighted by molar-refractivity contribution is 0.0666. The molecule has 1 amide bonds. The smallest absolute Gasteiger partial charge is 0.272 e. The summed E-state index contributed by atoms with van der Waals surface area (Å²) in [4.78, 5) is 14.1. The number of aliphatic hydroxyl groups excluding tert-OH is 1. The third-order valence-corrected chi connectivity index (χ3v) is 3.36. The third-order valence-electron chi connectivity index (χ3n) is 3.36.